The second-order valence-corrected chi connectivity index (χ2v) is 6.46. The van der Waals surface area contributed by atoms with Gasteiger partial charge >= 0.3 is 0 Å². The Kier molecular flexibility index (Phi) is 5.63. The lowest BCUT2D eigenvalue weighted by Crippen LogP contribution is -2.56. The number of nitrogens with one attached hydrogen (secondary N) is 1. The van der Waals surface area contributed by atoms with E-state index >= 15 is 0 Å². The zero-order chi connectivity index (χ0) is 13.7. The third-order valence-electron chi connectivity index (χ3n) is 4.72. The molecule has 2 rings (SSSR count). The summed E-state index contributed by atoms with van der Waals surface area (Å²) < 4.78 is 5.85. The van der Waals surface area contributed by atoms with E-state index in [9.17, 15) is 5.11 Å². The van der Waals surface area contributed by atoms with Crippen LogP contribution in [0.4, 0.5) is 0 Å². The molecule has 19 heavy (non-hydrogen) atoms. The monoisotopic (exact) mass is 270 g/mol. The third kappa shape index (κ3) is 4.15. The molecule has 4 heteroatoms. The van der Waals surface area contributed by atoms with Gasteiger partial charge < -0.3 is 15.2 Å². The van der Waals surface area contributed by atoms with E-state index in [1.165, 1.54) is 19.3 Å². The van der Waals surface area contributed by atoms with Gasteiger partial charge in [0.1, 0.15) is 0 Å². The van der Waals surface area contributed by atoms with Crippen LogP contribution in [0.25, 0.3) is 0 Å². The van der Waals surface area contributed by atoms with E-state index in [1.54, 1.807) is 0 Å². The largest absolute Gasteiger partial charge is 0.394 e. The summed E-state index contributed by atoms with van der Waals surface area (Å²) in [7, 11) is 0. The first-order valence-electron chi connectivity index (χ1n) is 7.87. The molecule has 2 aliphatic rings. The maximum atomic E-state index is 9.70. The summed E-state index contributed by atoms with van der Waals surface area (Å²) in [5.41, 5.74) is -0.0400. The molecule has 0 aromatic carbocycles. The SMILES string of the molecule is CC(C)N1CCOC(CNC2(CO)CCCCC2)C1. The van der Waals surface area contributed by atoms with Crippen LogP contribution in [0.2, 0.25) is 0 Å². The van der Waals surface area contributed by atoms with E-state index < -0.39 is 0 Å². The summed E-state index contributed by atoms with van der Waals surface area (Å²) in [6.07, 6.45) is 6.24. The van der Waals surface area contributed by atoms with Crippen molar-refractivity contribution in [1.82, 2.24) is 10.2 Å². The number of aliphatic hydroxyl groups excluding tert-OH is 1. The highest BCUT2D eigenvalue weighted by molar-refractivity contribution is 4.91. The molecule has 2 fully saturated rings. The molecule has 0 spiro atoms. The molecule has 2 N–H and O–H groups in total. The Bertz CT molecular complexity index is 265. The average Bonchev–Trinajstić information content (AvgIpc) is 2.46. The number of ether oxygens (including phenoxy) is 1. The van der Waals surface area contributed by atoms with Crippen molar-refractivity contribution in [3.05, 3.63) is 0 Å². The quantitative estimate of drug-likeness (QED) is 0.792. The van der Waals surface area contributed by atoms with Crippen molar-refractivity contribution in [2.24, 2.45) is 0 Å². The fourth-order valence-electron chi connectivity index (χ4n) is 3.28. The van der Waals surface area contributed by atoms with Crippen LogP contribution in [0.15, 0.2) is 0 Å². The van der Waals surface area contributed by atoms with Gasteiger partial charge in [-0.2, -0.15) is 0 Å². The lowest BCUT2D eigenvalue weighted by Gasteiger charge is -2.40. The van der Waals surface area contributed by atoms with Crippen molar-refractivity contribution in [2.45, 2.75) is 63.6 Å². The summed E-state index contributed by atoms with van der Waals surface area (Å²) in [5.74, 6) is 0. The fourth-order valence-corrected chi connectivity index (χ4v) is 3.28. The molecule has 0 aromatic heterocycles. The second-order valence-electron chi connectivity index (χ2n) is 6.46. The van der Waals surface area contributed by atoms with Crippen LogP contribution in [-0.2, 0) is 4.74 Å². The molecular weight excluding hydrogens is 240 g/mol. The Morgan fingerprint density at radius 1 is 1.32 bits per heavy atom. The van der Waals surface area contributed by atoms with Crippen molar-refractivity contribution in [2.75, 3.05) is 32.8 Å². The molecule has 112 valence electrons. The Morgan fingerprint density at radius 3 is 2.68 bits per heavy atom. The second kappa shape index (κ2) is 7.02. The summed E-state index contributed by atoms with van der Waals surface area (Å²) in [5, 5.41) is 13.3. The van der Waals surface area contributed by atoms with Gasteiger partial charge in [0.05, 0.1) is 19.3 Å². The molecule has 1 heterocycles. The Labute approximate surface area is 117 Å². The molecule has 0 radical (unpaired) electrons. The Morgan fingerprint density at radius 2 is 2.05 bits per heavy atom. The van der Waals surface area contributed by atoms with E-state index in [1.807, 2.05) is 0 Å². The highest BCUT2D eigenvalue weighted by Crippen LogP contribution is 2.27. The number of rotatable bonds is 5. The van der Waals surface area contributed by atoms with Gasteiger partial charge in [-0.05, 0) is 26.7 Å². The summed E-state index contributed by atoms with van der Waals surface area (Å²) >= 11 is 0. The van der Waals surface area contributed by atoms with Gasteiger partial charge in [-0.15, -0.1) is 0 Å². The highest BCUT2D eigenvalue weighted by Gasteiger charge is 2.32. The molecule has 0 amide bonds. The lowest BCUT2D eigenvalue weighted by atomic mass is 9.82. The Balaban J connectivity index is 1.80. The van der Waals surface area contributed by atoms with Crippen LogP contribution in [-0.4, -0.2) is 60.5 Å². The van der Waals surface area contributed by atoms with Crippen LogP contribution in [0.1, 0.15) is 46.0 Å². The number of morpholine rings is 1. The van der Waals surface area contributed by atoms with Crippen LogP contribution < -0.4 is 5.32 Å². The molecular formula is C15H30N2O2. The topological polar surface area (TPSA) is 44.7 Å². The minimum Gasteiger partial charge on any atom is -0.394 e. The predicted octanol–water partition coefficient (Wildman–Crippen LogP) is 1.38. The summed E-state index contributed by atoms with van der Waals surface area (Å²) in [6.45, 7) is 8.48. The van der Waals surface area contributed by atoms with E-state index in [0.717, 1.165) is 39.1 Å². The van der Waals surface area contributed by atoms with Gasteiger partial charge in [-0.3, -0.25) is 4.90 Å². The first kappa shape index (κ1) is 15.2. The first-order chi connectivity index (χ1) is 9.15. The zero-order valence-electron chi connectivity index (χ0n) is 12.5. The molecule has 0 bridgehead atoms. The maximum Gasteiger partial charge on any atom is 0.0827 e. The van der Waals surface area contributed by atoms with Gasteiger partial charge in [0.15, 0.2) is 0 Å². The number of hydrogen-bond acceptors (Lipinski definition) is 4. The minimum absolute atomic E-state index is 0.0400. The minimum atomic E-state index is -0.0400. The predicted molar refractivity (Wildman–Crippen MR) is 77.4 cm³/mol. The molecule has 1 atom stereocenters. The van der Waals surface area contributed by atoms with Crippen molar-refractivity contribution in [3.8, 4) is 0 Å². The van der Waals surface area contributed by atoms with Crippen molar-refractivity contribution in [3.63, 3.8) is 0 Å². The molecule has 1 saturated carbocycles. The molecule has 1 aliphatic heterocycles. The van der Waals surface area contributed by atoms with Crippen LogP contribution in [0.5, 0.6) is 0 Å². The normalized spacial score (nSPS) is 28.7. The van der Waals surface area contributed by atoms with Crippen LogP contribution in [0.3, 0.4) is 0 Å². The molecule has 1 saturated heterocycles. The van der Waals surface area contributed by atoms with Crippen molar-refractivity contribution in [1.29, 1.82) is 0 Å². The summed E-state index contributed by atoms with van der Waals surface area (Å²) in [4.78, 5) is 2.47. The van der Waals surface area contributed by atoms with Gasteiger partial charge in [0.2, 0.25) is 0 Å². The Hall–Kier alpha value is -0.160. The molecule has 1 unspecified atom stereocenters. The molecule has 1 aliphatic carbocycles. The third-order valence-corrected chi connectivity index (χ3v) is 4.72. The number of nitrogens with zero attached hydrogens (tertiary/aromatic N) is 1. The number of aliphatic hydroxyl groups is 1. The highest BCUT2D eigenvalue weighted by atomic mass is 16.5. The average molecular weight is 270 g/mol. The van der Waals surface area contributed by atoms with Crippen LogP contribution >= 0.6 is 0 Å². The van der Waals surface area contributed by atoms with E-state index in [0.29, 0.717) is 6.04 Å². The van der Waals surface area contributed by atoms with Crippen molar-refractivity contribution < 1.29 is 9.84 Å². The standard InChI is InChI=1S/C15H30N2O2/c1-13(2)17-8-9-19-14(11-17)10-16-15(12-18)6-4-3-5-7-15/h13-14,16,18H,3-12H2,1-2H3. The smallest absolute Gasteiger partial charge is 0.0827 e. The first-order valence-corrected chi connectivity index (χ1v) is 7.87. The van der Waals surface area contributed by atoms with Crippen molar-refractivity contribution >= 4 is 0 Å². The van der Waals surface area contributed by atoms with Gasteiger partial charge in [-0.1, -0.05) is 19.3 Å². The van der Waals surface area contributed by atoms with Crippen LogP contribution in [0, 0.1) is 0 Å². The summed E-state index contributed by atoms with van der Waals surface area (Å²) in [6, 6.07) is 0.591. The number of hydrogen-bond donors (Lipinski definition) is 2. The molecule has 4 nitrogen and oxygen atoms in total. The van der Waals surface area contributed by atoms with Gasteiger partial charge in [-0.25, -0.2) is 0 Å². The van der Waals surface area contributed by atoms with E-state index in [-0.39, 0.29) is 18.2 Å². The van der Waals surface area contributed by atoms with E-state index in [4.69, 9.17) is 4.74 Å². The molecule has 0 aromatic rings. The van der Waals surface area contributed by atoms with Gasteiger partial charge in [0.25, 0.3) is 0 Å². The maximum absolute atomic E-state index is 9.70. The lowest BCUT2D eigenvalue weighted by molar-refractivity contribution is -0.0429. The fraction of sp³-hybridized carbons (Fsp3) is 1.00. The zero-order valence-corrected chi connectivity index (χ0v) is 12.5. The van der Waals surface area contributed by atoms with E-state index in [2.05, 4.69) is 24.1 Å². The van der Waals surface area contributed by atoms with Gasteiger partial charge in [0, 0.05) is 31.2 Å².